The summed E-state index contributed by atoms with van der Waals surface area (Å²) in [4.78, 5) is 28.8. The van der Waals surface area contributed by atoms with Crippen molar-refractivity contribution >= 4 is 43.5 Å². The van der Waals surface area contributed by atoms with Gasteiger partial charge in [-0.3, -0.25) is 13.9 Å². The zero-order valence-corrected chi connectivity index (χ0v) is 25.0. The Morgan fingerprint density at radius 2 is 1.64 bits per heavy atom. The van der Waals surface area contributed by atoms with Crippen LogP contribution in [0, 0.1) is 6.92 Å². The summed E-state index contributed by atoms with van der Waals surface area (Å²) in [6, 6.07) is 22.0. The van der Waals surface area contributed by atoms with E-state index in [1.54, 1.807) is 36.4 Å². The van der Waals surface area contributed by atoms with Gasteiger partial charge in [-0.15, -0.1) is 0 Å². The predicted octanol–water partition coefficient (Wildman–Crippen LogP) is 5.68. The summed E-state index contributed by atoms with van der Waals surface area (Å²) in [7, 11) is -4.09. The monoisotopic (exact) mass is 613 g/mol. The summed E-state index contributed by atoms with van der Waals surface area (Å²) < 4.78 is 29.6. The fourth-order valence-corrected chi connectivity index (χ4v) is 6.00. The number of benzene rings is 3. The highest BCUT2D eigenvalue weighted by atomic mass is 79.9. The van der Waals surface area contributed by atoms with Crippen LogP contribution in [0.5, 0.6) is 0 Å². The molecular weight excluding hydrogens is 578 g/mol. The topological polar surface area (TPSA) is 86.8 Å². The van der Waals surface area contributed by atoms with Crippen LogP contribution in [0.15, 0.2) is 88.2 Å². The van der Waals surface area contributed by atoms with Gasteiger partial charge in [-0.2, -0.15) is 0 Å². The highest BCUT2D eigenvalue weighted by Gasteiger charge is 2.33. The van der Waals surface area contributed by atoms with E-state index >= 15 is 0 Å². The molecule has 0 aliphatic heterocycles. The van der Waals surface area contributed by atoms with Crippen molar-refractivity contribution in [2.45, 2.75) is 57.5 Å². The number of halogens is 1. The van der Waals surface area contributed by atoms with Gasteiger partial charge in [0, 0.05) is 17.6 Å². The largest absolute Gasteiger partial charge is 0.354 e. The molecule has 7 nitrogen and oxygen atoms in total. The van der Waals surface area contributed by atoms with Crippen LogP contribution in [0.25, 0.3) is 0 Å². The first-order valence-electron chi connectivity index (χ1n) is 13.1. The van der Waals surface area contributed by atoms with Crippen LogP contribution in [0.2, 0.25) is 0 Å². The van der Waals surface area contributed by atoms with Gasteiger partial charge < -0.3 is 10.2 Å². The van der Waals surface area contributed by atoms with Crippen LogP contribution in [0.3, 0.4) is 0 Å². The summed E-state index contributed by atoms with van der Waals surface area (Å²) in [6.45, 7) is 6.01. The quantitative estimate of drug-likeness (QED) is 0.251. The first-order valence-corrected chi connectivity index (χ1v) is 15.4. The number of carbonyl (C=O) groups excluding carboxylic acids is 2. The molecule has 1 N–H and O–H groups in total. The molecule has 0 heterocycles. The lowest BCUT2D eigenvalue weighted by Gasteiger charge is -2.33. The zero-order valence-electron chi connectivity index (χ0n) is 22.6. The summed E-state index contributed by atoms with van der Waals surface area (Å²) in [5, 5.41) is 2.94. The Morgan fingerprint density at radius 3 is 2.26 bits per heavy atom. The van der Waals surface area contributed by atoms with Crippen LogP contribution in [-0.4, -0.2) is 44.3 Å². The SMILES string of the molecule is CCCCNC(=O)C(CC)N(Cc1ccccc1)C(=O)CN(c1cccc(Br)c1)S(=O)(=O)c1ccc(C)cc1. The molecule has 1 unspecified atom stereocenters. The number of aryl methyl sites for hydroxylation is 1. The maximum Gasteiger partial charge on any atom is 0.264 e. The molecule has 3 rings (SSSR count). The van der Waals surface area contributed by atoms with E-state index in [0.29, 0.717) is 23.1 Å². The molecule has 208 valence electrons. The van der Waals surface area contributed by atoms with Gasteiger partial charge in [0.25, 0.3) is 10.0 Å². The highest BCUT2D eigenvalue weighted by Crippen LogP contribution is 2.27. The van der Waals surface area contributed by atoms with Crippen LogP contribution < -0.4 is 9.62 Å². The fourth-order valence-electron chi connectivity index (χ4n) is 4.20. The van der Waals surface area contributed by atoms with Gasteiger partial charge in [-0.1, -0.05) is 90.3 Å². The van der Waals surface area contributed by atoms with Crippen LogP contribution >= 0.6 is 15.9 Å². The van der Waals surface area contributed by atoms with E-state index in [2.05, 4.69) is 21.2 Å². The molecule has 2 amide bonds. The van der Waals surface area contributed by atoms with Crippen molar-refractivity contribution in [1.82, 2.24) is 10.2 Å². The minimum atomic E-state index is -4.09. The molecule has 0 aliphatic rings. The minimum absolute atomic E-state index is 0.0832. The highest BCUT2D eigenvalue weighted by molar-refractivity contribution is 9.10. The average Bonchev–Trinajstić information content (AvgIpc) is 2.92. The van der Waals surface area contributed by atoms with E-state index in [9.17, 15) is 18.0 Å². The molecule has 3 aromatic carbocycles. The first-order chi connectivity index (χ1) is 18.7. The molecule has 0 radical (unpaired) electrons. The number of nitrogens with zero attached hydrogens (tertiary/aromatic N) is 2. The van der Waals surface area contributed by atoms with Crippen LogP contribution in [0.1, 0.15) is 44.2 Å². The molecular formula is C30H36BrN3O4S. The van der Waals surface area contributed by atoms with Crippen molar-refractivity contribution in [2.24, 2.45) is 0 Å². The Hall–Kier alpha value is -3.17. The molecule has 0 aromatic heterocycles. The van der Waals surface area contributed by atoms with E-state index in [1.807, 2.05) is 51.1 Å². The van der Waals surface area contributed by atoms with Gasteiger partial charge >= 0.3 is 0 Å². The number of rotatable bonds is 13. The summed E-state index contributed by atoms with van der Waals surface area (Å²) in [5.41, 5.74) is 2.12. The van der Waals surface area contributed by atoms with E-state index in [4.69, 9.17) is 0 Å². The predicted molar refractivity (Wildman–Crippen MR) is 159 cm³/mol. The molecule has 0 saturated heterocycles. The standard InChI is InChI=1S/C30H36BrN3O4S/c1-4-6-19-32-30(36)28(5-2)33(21-24-11-8-7-9-12-24)29(35)22-34(26-14-10-13-25(31)20-26)39(37,38)27-17-15-23(3)16-18-27/h7-18,20,28H,4-6,19,21-22H2,1-3H3,(H,32,36). The Labute approximate surface area is 240 Å². The Morgan fingerprint density at radius 1 is 0.949 bits per heavy atom. The number of amides is 2. The molecule has 0 bridgehead atoms. The van der Waals surface area contributed by atoms with Crippen LogP contribution in [0.4, 0.5) is 5.69 Å². The maximum atomic E-state index is 14.0. The van der Waals surface area contributed by atoms with Gasteiger partial charge in [0.05, 0.1) is 10.6 Å². The van der Waals surface area contributed by atoms with Crippen molar-refractivity contribution in [3.05, 3.63) is 94.5 Å². The van der Waals surface area contributed by atoms with E-state index in [-0.39, 0.29) is 17.3 Å². The maximum absolute atomic E-state index is 14.0. The second-order valence-corrected chi connectivity index (χ2v) is 12.2. The molecule has 9 heteroatoms. The van der Waals surface area contributed by atoms with Gasteiger partial charge in [-0.25, -0.2) is 8.42 Å². The molecule has 39 heavy (non-hydrogen) atoms. The van der Waals surface area contributed by atoms with E-state index < -0.39 is 28.5 Å². The third-order valence-corrected chi connectivity index (χ3v) is 8.68. The van der Waals surface area contributed by atoms with Gasteiger partial charge in [0.15, 0.2) is 0 Å². The van der Waals surface area contributed by atoms with Crippen molar-refractivity contribution in [3.63, 3.8) is 0 Å². The minimum Gasteiger partial charge on any atom is -0.354 e. The second-order valence-electron chi connectivity index (χ2n) is 9.38. The fraction of sp³-hybridized carbons (Fsp3) is 0.333. The Bertz CT molecular complexity index is 1350. The summed E-state index contributed by atoms with van der Waals surface area (Å²) >= 11 is 3.42. The Balaban J connectivity index is 2.02. The number of nitrogens with one attached hydrogen (secondary N) is 1. The second kappa shape index (κ2) is 14.3. The number of unbranched alkanes of at least 4 members (excludes halogenated alkanes) is 1. The summed E-state index contributed by atoms with van der Waals surface area (Å²) in [5.74, 6) is -0.711. The average molecular weight is 615 g/mol. The molecule has 0 aliphatic carbocycles. The van der Waals surface area contributed by atoms with Gasteiger partial charge in [-0.05, 0) is 55.7 Å². The molecule has 0 fully saturated rings. The molecule has 3 aromatic rings. The molecule has 1 atom stereocenters. The van der Waals surface area contributed by atoms with Crippen molar-refractivity contribution in [2.75, 3.05) is 17.4 Å². The smallest absolute Gasteiger partial charge is 0.264 e. The number of hydrogen-bond acceptors (Lipinski definition) is 4. The summed E-state index contributed by atoms with van der Waals surface area (Å²) in [6.07, 6.45) is 2.15. The number of carbonyl (C=O) groups is 2. The lowest BCUT2D eigenvalue weighted by molar-refractivity contribution is -0.140. The van der Waals surface area contributed by atoms with Crippen molar-refractivity contribution < 1.29 is 18.0 Å². The lowest BCUT2D eigenvalue weighted by Crippen LogP contribution is -2.52. The van der Waals surface area contributed by atoms with E-state index in [1.165, 1.54) is 17.0 Å². The molecule has 0 spiro atoms. The number of hydrogen-bond donors (Lipinski definition) is 1. The van der Waals surface area contributed by atoms with Gasteiger partial charge in [0.2, 0.25) is 11.8 Å². The first kappa shape index (κ1) is 30.4. The third kappa shape index (κ3) is 8.16. The van der Waals surface area contributed by atoms with E-state index in [0.717, 1.165) is 28.3 Å². The number of anilines is 1. The van der Waals surface area contributed by atoms with Gasteiger partial charge in [0.1, 0.15) is 12.6 Å². The Kier molecular flexibility index (Phi) is 11.1. The normalized spacial score (nSPS) is 12.0. The number of sulfonamides is 1. The zero-order chi connectivity index (χ0) is 28.4. The van der Waals surface area contributed by atoms with Crippen molar-refractivity contribution in [1.29, 1.82) is 0 Å². The third-order valence-electron chi connectivity index (χ3n) is 6.40. The molecule has 0 saturated carbocycles. The van der Waals surface area contributed by atoms with Crippen molar-refractivity contribution in [3.8, 4) is 0 Å². The van der Waals surface area contributed by atoms with Crippen LogP contribution in [-0.2, 0) is 26.2 Å². The lowest BCUT2D eigenvalue weighted by atomic mass is 10.1.